The van der Waals surface area contributed by atoms with Crippen molar-refractivity contribution >= 4 is 0 Å². The SMILES string of the molecule is COc1ccc(CCc2ncccc2O)cc1. The van der Waals surface area contributed by atoms with Crippen LogP contribution in [0.25, 0.3) is 0 Å². The molecule has 1 aromatic heterocycles. The number of aromatic nitrogens is 1. The third kappa shape index (κ3) is 2.97. The molecule has 0 saturated heterocycles. The van der Waals surface area contributed by atoms with Gasteiger partial charge in [-0.25, -0.2) is 0 Å². The van der Waals surface area contributed by atoms with Crippen molar-refractivity contribution in [3.8, 4) is 11.5 Å². The second-order valence-electron chi connectivity index (χ2n) is 3.82. The van der Waals surface area contributed by atoms with Crippen molar-refractivity contribution in [3.63, 3.8) is 0 Å². The lowest BCUT2D eigenvalue weighted by molar-refractivity contribution is 0.414. The monoisotopic (exact) mass is 229 g/mol. The summed E-state index contributed by atoms with van der Waals surface area (Å²) in [7, 11) is 1.65. The number of pyridine rings is 1. The van der Waals surface area contributed by atoms with Gasteiger partial charge in [0.2, 0.25) is 0 Å². The molecule has 0 spiro atoms. The van der Waals surface area contributed by atoms with Gasteiger partial charge in [0.05, 0.1) is 12.8 Å². The van der Waals surface area contributed by atoms with E-state index in [0.717, 1.165) is 24.3 Å². The minimum absolute atomic E-state index is 0.265. The zero-order valence-electron chi connectivity index (χ0n) is 9.76. The van der Waals surface area contributed by atoms with E-state index in [1.165, 1.54) is 5.56 Å². The van der Waals surface area contributed by atoms with Crippen LogP contribution in [-0.2, 0) is 12.8 Å². The molecule has 0 saturated carbocycles. The highest BCUT2D eigenvalue weighted by atomic mass is 16.5. The van der Waals surface area contributed by atoms with Crippen molar-refractivity contribution in [1.29, 1.82) is 0 Å². The number of hydrogen-bond donors (Lipinski definition) is 1. The van der Waals surface area contributed by atoms with Gasteiger partial charge in [0, 0.05) is 6.20 Å². The van der Waals surface area contributed by atoms with Gasteiger partial charge in [-0.1, -0.05) is 12.1 Å². The molecule has 2 aromatic rings. The van der Waals surface area contributed by atoms with Gasteiger partial charge in [0.25, 0.3) is 0 Å². The van der Waals surface area contributed by atoms with E-state index in [4.69, 9.17) is 4.74 Å². The Morgan fingerprint density at radius 3 is 2.53 bits per heavy atom. The second kappa shape index (κ2) is 5.34. The molecule has 0 aliphatic carbocycles. The third-order valence-corrected chi connectivity index (χ3v) is 2.68. The van der Waals surface area contributed by atoms with Crippen LogP contribution >= 0.6 is 0 Å². The molecule has 3 heteroatoms. The molecule has 3 nitrogen and oxygen atoms in total. The molecule has 0 radical (unpaired) electrons. The molecule has 17 heavy (non-hydrogen) atoms. The standard InChI is InChI=1S/C14H15NO2/c1-17-12-7-4-11(5-8-12)6-9-13-14(16)3-2-10-15-13/h2-5,7-8,10,16H,6,9H2,1H3. The van der Waals surface area contributed by atoms with Gasteiger partial charge < -0.3 is 9.84 Å². The molecule has 0 amide bonds. The molecule has 0 fully saturated rings. The summed E-state index contributed by atoms with van der Waals surface area (Å²) in [5.74, 6) is 1.12. The minimum atomic E-state index is 0.265. The molecule has 1 N–H and O–H groups in total. The summed E-state index contributed by atoms with van der Waals surface area (Å²) in [6.07, 6.45) is 3.29. The fraction of sp³-hybridized carbons (Fsp3) is 0.214. The van der Waals surface area contributed by atoms with E-state index in [1.54, 1.807) is 25.4 Å². The fourth-order valence-electron chi connectivity index (χ4n) is 1.68. The second-order valence-corrected chi connectivity index (χ2v) is 3.82. The number of aromatic hydroxyl groups is 1. The van der Waals surface area contributed by atoms with Crippen LogP contribution in [0.2, 0.25) is 0 Å². The lowest BCUT2D eigenvalue weighted by Gasteiger charge is -2.04. The Morgan fingerprint density at radius 1 is 1.12 bits per heavy atom. The number of benzene rings is 1. The van der Waals surface area contributed by atoms with E-state index in [1.807, 2.05) is 24.3 Å². The van der Waals surface area contributed by atoms with Crippen LogP contribution < -0.4 is 4.74 Å². The van der Waals surface area contributed by atoms with Crippen LogP contribution in [0.4, 0.5) is 0 Å². The molecule has 0 bridgehead atoms. The van der Waals surface area contributed by atoms with Gasteiger partial charge in [-0.2, -0.15) is 0 Å². The van der Waals surface area contributed by atoms with E-state index < -0.39 is 0 Å². The van der Waals surface area contributed by atoms with E-state index in [9.17, 15) is 5.11 Å². The molecule has 1 heterocycles. The van der Waals surface area contributed by atoms with Crippen LogP contribution in [0.15, 0.2) is 42.6 Å². The first kappa shape index (κ1) is 11.5. The van der Waals surface area contributed by atoms with Crippen LogP contribution in [0.1, 0.15) is 11.3 Å². The van der Waals surface area contributed by atoms with E-state index in [-0.39, 0.29) is 5.75 Å². The summed E-state index contributed by atoms with van der Waals surface area (Å²) in [5, 5.41) is 9.59. The minimum Gasteiger partial charge on any atom is -0.506 e. The van der Waals surface area contributed by atoms with Crippen molar-refractivity contribution in [2.24, 2.45) is 0 Å². The zero-order valence-corrected chi connectivity index (χ0v) is 9.76. The Labute approximate surface area is 101 Å². The van der Waals surface area contributed by atoms with Crippen LogP contribution in [0, 0.1) is 0 Å². The van der Waals surface area contributed by atoms with Gasteiger partial charge in [-0.15, -0.1) is 0 Å². The predicted molar refractivity (Wildman–Crippen MR) is 66.3 cm³/mol. The fourth-order valence-corrected chi connectivity index (χ4v) is 1.68. The Kier molecular flexibility index (Phi) is 3.60. The molecule has 1 aromatic carbocycles. The highest BCUT2D eigenvalue weighted by molar-refractivity contribution is 5.29. The largest absolute Gasteiger partial charge is 0.506 e. The lowest BCUT2D eigenvalue weighted by Crippen LogP contribution is -1.94. The maximum atomic E-state index is 9.59. The Bertz CT molecular complexity index is 480. The lowest BCUT2D eigenvalue weighted by atomic mass is 10.1. The maximum Gasteiger partial charge on any atom is 0.137 e. The first-order chi connectivity index (χ1) is 8.29. The van der Waals surface area contributed by atoms with Gasteiger partial charge in [0.1, 0.15) is 11.5 Å². The van der Waals surface area contributed by atoms with Crippen molar-refractivity contribution in [3.05, 3.63) is 53.9 Å². The average molecular weight is 229 g/mol. The van der Waals surface area contributed by atoms with Crippen molar-refractivity contribution in [1.82, 2.24) is 4.98 Å². The topological polar surface area (TPSA) is 42.4 Å². The Morgan fingerprint density at radius 2 is 1.88 bits per heavy atom. The molecule has 0 atom stereocenters. The van der Waals surface area contributed by atoms with Gasteiger partial charge in [-0.3, -0.25) is 4.98 Å². The van der Waals surface area contributed by atoms with Gasteiger partial charge in [-0.05, 0) is 42.7 Å². The molecule has 0 aliphatic rings. The number of methoxy groups -OCH3 is 1. The Hall–Kier alpha value is -2.03. The predicted octanol–water partition coefficient (Wildman–Crippen LogP) is 2.58. The van der Waals surface area contributed by atoms with Crippen LogP contribution in [-0.4, -0.2) is 17.2 Å². The Balaban J connectivity index is 2.00. The van der Waals surface area contributed by atoms with E-state index >= 15 is 0 Å². The van der Waals surface area contributed by atoms with E-state index in [2.05, 4.69) is 4.98 Å². The number of ether oxygens (including phenoxy) is 1. The van der Waals surface area contributed by atoms with E-state index in [0.29, 0.717) is 0 Å². The van der Waals surface area contributed by atoms with Crippen LogP contribution in [0.3, 0.4) is 0 Å². The number of rotatable bonds is 4. The smallest absolute Gasteiger partial charge is 0.137 e. The summed E-state index contributed by atoms with van der Waals surface area (Å²) < 4.78 is 5.10. The van der Waals surface area contributed by atoms with Crippen molar-refractivity contribution in [2.75, 3.05) is 7.11 Å². The summed E-state index contributed by atoms with van der Waals surface area (Å²) >= 11 is 0. The third-order valence-electron chi connectivity index (χ3n) is 2.68. The van der Waals surface area contributed by atoms with Gasteiger partial charge >= 0.3 is 0 Å². The number of aryl methyl sites for hydroxylation is 2. The quantitative estimate of drug-likeness (QED) is 0.876. The molecule has 0 unspecified atom stereocenters. The molecule has 2 rings (SSSR count). The van der Waals surface area contributed by atoms with Gasteiger partial charge in [0.15, 0.2) is 0 Å². The molecular formula is C14H15NO2. The molecule has 0 aliphatic heterocycles. The highest BCUT2D eigenvalue weighted by Crippen LogP contribution is 2.17. The summed E-state index contributed by atoms with van der Waals surface area (Å²) in [4.78, 5) is 4.15. The normalized spacial score (nSPS) is 10.2. The molecular weight excluding hydrogens is 214 g/mol. The zero-order chi connectivity index (χ0) is 12.1. The average Bonchev–Trinajstić information content (AvgIpc) is 2.38. The first-order valence-corrected chi connectivity index (χ1v) is 5.55. The van der Waals surface area contributed by atoms with Crippen molar-refractivity contribution < 1.29 is 9.84 Å². The summed E-state index contributed by atoms with van der Waals surface area (Å²) in [6, 6.07) is 11.3. The number of hydrogen-bond acceptors (Lipinski definition) is 3. The van der Waals surface area contributed by atoms with Crippen molar-refractivity contribution in [2.45, 2.75) is 12.8 Å². The maximum absolute atomic E-state index is 9.59. The first-order valence-electron chi connectivity index (χ1n) is 5.55. The summed E-state index contributed by atoms with van der Waals surface area (Å²) in [6.45, 7) is 0. The molecule has 88 valence electrons. The van der Waals surface area contributed by atoms with Crippen LogP contribution in [0.5, 0.6) is 11.5 Å². The number of nitrogens with zero attached hydrogens (tertiary/aromatic N) is 1. The highest BCUT2D eigenvalue weighted by Gasteiger charge is 2.02. The summed E-state index contributed by atoms with van der Waals surface area (Å²) in [5.41, 5.74) is 1.94.